The van der Waals surface area contributed by atoms with E-state index in [2.05, 4.69) is 11.9 Å². The fraction of sp³-hybridized carbons (Fsp3) is 0.667. The fourth-order valence-corrected chi connectivity index (χ4v) is 3.84. The Labute approximate surface area is 129 Å². The van der Waals surface area contributed by atoms with Gasteiger partial charge >= 0.3 is 5.97 Å². The van der Waals surface area contributed by atoms with E-state index in [1.165, 1.54) is 11.3 Å². The number of piperidine rings is 1. The van der Waals surface area contributed by atoms with Gasteiger partial charge in [0.05, 0.1) is 10.7 Å². The van der Waals surface area contributed by atoms with E-state index in [-0.39, 0.29) is 18.2 Å². The Kier molecular flexibility index (Phi) is 5.33. The van der Waals surface area contributed by atoms with Gasteiger partial charge in [0.15, 0.2) is 0 Å². The number of rotatable bonds is 5. The molecule has 0 atom stereocenters. The number of aliphatic carboxylic acids is 1. The van der Waals surface area contributed by atoms with Crippen molar-refractivity contribution in [2.45, 2.75) is 46.0 Å². The highest BCUT2D eigenvalue weighted by Gasteiger charge is 2.27. The van der Waals surface area contributed by atoms with Gasteiger partial charge in [0, 0.05) is 19.5 Å². The lowest BCUT2D eigenvalue weighted by molar-refractivity contribution is -0.138. The molecular weight excluding hydrogens is 288 g/mol. The van der Waals surface area contributed by atoms with Crippen molar-refractivity contribution in [3.05, 3.63) is 15.6 Å². The van der Waals surface area contributed by atoms with Crippen LogP contribution < -0.4 is 0 Å². The molecule has 2 heterocycles. The van der Waals surface area contributed by atoms with Crippen LogP contribution in [0.4, 0.5) is 0 Å². The number of carboxylic acid groups (broad SMARTS) is 1. The van der Waals surface area contributed by atoms with Crippen molar-refractivity contribution < 1.29 is 14.7 Å². The molecule has 0 radical (unpaired) electrons. The van der Waals surface area contributed by atoms with Gasteiger partial charge < -0.3 is 10.0 Å². The average molecular weight is 310 g/mol. The molecule has 1 aliphatic rings. The first kappa shape index (κ1) is 15.9. The number of carbonyl (C=O) groups excluding carboxylic acids is 1. The third kappa shape index (κ3) is 4.03. The molecule has 0 spiro atoms. The van der Waals surface area contributed by atoms with Gasteiger partial charge in [0.25, 0.3) is 5.91 Å². The van der Waals surface area contributed by atoms with Crippen molar-refractivity contribution in [2.24, 2.45) is 5.92 Å². The Bertz CT molecular complexity index is 519. The van der Waals surface area contributed by atoms with E-state index in [4.69, 9.17) is 5.11 Å². The summed E-state index contributed by atoms with van der Waals surface area (Å²) in [6.45, 7) is 5.29. The molecule has 0 saturated carbocycles. The maximum atomic E-state index is 12.5. The van der Waals surface area contributed by atoms with Crippen LogP contribution in [-0.4, -0.2) is 40.0 Å². The molecule has 1 fully saturated rings. The maximum absolute atomic E-state index is 12.5. The summed E-state index contributed by atoms with van der Waals surface area (Å²) in [6.07, 6.45) is 3.71. The highest BCUT2D eigenvalue weighted by molar-refractivity contribution is 7.13. The van der Waals surface area contributed by atoms with Crippen LogP contribution >= 0.6 is 11.3 Å². The molecule has 2 rings (SSSR count). The second-order valence-corrected chi connectivity index (χ2v) is 6.69. The topological polar surface area (TPSA) is 70.5 Å². The van der Waals surface area contributed by atoms with Crippen molar-refractivity contribution in [2.75, 3.05) is 13.1 Å². The third-order valence-corrected chi connectivity index (χ3v) is 5.07. The first-order valence-electron chi connectivity index (χ1n) is 7.48. The number of hydrogen-bond acceptors (Lipinski definition) is 4. The quantitative estimate of drug-likeness (QED) is 0.908. The van der Waals surface area contributed by atoms with Gasteiger partial charge in [0.1, 0.15) is 4.88 Å². The second-order valence-electron chi connectivity index (χ2n) is 5.61. The summed E-state index contributed by atoms with van der Waals surface area (Å²) >= 11 is 1.50. The monoisotopic (exact) mass is 310 g/mol. The molecule has 1 aromatic heterocycles. The second kappa shape index (κ2) is 7.02. The molecule has 1 aliphatic heterocycles. The zero-order valence-corrected chi connectivity index (χ0v) is 13.4. The molecule has 116 valence electrons. The average Bonchev–Trinajstić information content (AvgIpc) is 2.79. The van der Waals surface area contributed by atoms with Crippen LogP contribution in [-0.2, 0) is 11.2 Å². The van der Waals surface area contributed by atoms with Crippen molar-refractivity contribution in [3.8, 4) is 0 Å². The van der Waals surface area contributed by atoms with Crippen molar-refractivity contribution >= 4 is 23.2 Å². The van der Waals surface area contributed by atoms with E-state index < -0.39 is 5.97 Å². The first-order chi connectivity index (χ1) is 10.0. The molecule has 1 saturated heterocycles. The lowest BCUT2D eigenvalue weighted by atomic mass is 9.93. The molecule has 5 nitrogen and oxygen atoms in total. The molecule has 0 bridgehead atoms. The van der Waals surface area contributed by atoms with Crippen LogP contribution in [0.3, 0.4) is 0 Å². The molecule has 6 heteroatoms. The number of aromatic nitrogens is 1. The summed E-state index contributed by atoms with van der Waals surface area (Å²) in [5, 5.41) is 9.85. The molecule has 21 heavy (non-hydrogen) atoms. The van der Waals surface area contributed by atoms with Crippen molar-refractivity contribution in [1.82, 2.24) is 9.88 Å². The Morgan fingerprint density at radius 3 is 2.62 bits per heavy atom. The number of aryl methyl sites for hydroxylation is 2. The van der Waals surface area contributed by atoms with E-state index in [0.717, 1.165) is 41.3 Å². The zero-order valence-electron chi connectivity index (χ0n) is 12.6. The molecule has 0 aliphatic carbocycles. The van der Waals surface area contributed by atoms with Gasteiger partial charge in [-0.1, -0.05) is 6.92 Å². The maximum Gasteiger partial charge on any atom is 0.303 e. The third-order valence-electron chi connectivity index (χ3n) is 3.86. The minimum absolute atomic E-state index is 0.0566. The highest BCUT2D eigenvalue weighted by Crippen LogP contribution is 2.25. The molecule has 0 unspecified atom stereocenters. The molecular formula is C15H22N2O3S. The van der Waals surface area contributed by atoms with Gasteiger partial charge in [-0.2, -0.15) is 0 Å². The SMILES string of the molecule is CCCc1nc(C)c(C(=O)N2CCC(CC(=O)O)CC2)s1. The number of thiazole rings is 1. The van der Waals surface area contributed by atoms with E-state index in [1.807, 2.05) is 11.8 Å². The Morgan fingerprint density at radius 1 is 1.38 bits per heavy atom. The smallest absolute Gasteiger partial charge is 0.303 e. The van der Waals surface area contributed by atoms with Gasteiger partial charge in [-0.15, -0.1) is 11.3 Å². The normalized spacial score (nSPS) is 16.2. The predicted octanol–water partition coefficient (Wildman–Crippen LogP) is 2.73. The number of likely N-dealkylation sites (tertiary alicyclic amines) is 1. The minimum Gasteiger partial charge on any atom is -0.481 e. The van der Waals surface area contributed by atoms with E-state index in [1.54, 1.807) is 0 Å². The van der Waals surface area contributed by atoms with Crippen molar-refractivity contribution in [1.29, 1.82) is 0 Å². The van der Waals surface area contributed by atoms with Crippen LogP contribution in [0.5, 0.6) is 0 Å². The number of carbonyl (C=O) groups is 2. The summed E-state index contributed by atoms with van der Waals surface area (Å²) in [4.78, 5) is 30.3. The minimum atomic E-state index is -0.748. The Hall–Kier alpha value is -1.43. The van der Waals surface area contributed by atoms with Crippen LogP contribution in [0.1, 0.15) is 53.0 Å². The van der Waals surface area contributed by atoms with Crippen LogP contribution in [0.25, 0.3) is 0 Å². The van der Waals surface area contributed by atoms with Crippen LogP contribution in [0, 0.1) is 12.8 Å². The standard InChI is InChI=1S/C15H22N2O3S/c1-3-4-12-16-10(2)14(21-12)15(20)17-7-5-11(6-8-17)9-13(18)19/h11H,3-9H2,1-2H3,(H,18,19). The van der Waals surface area contributed by atoms with Gasteiger partial charge in [0.2, 0.25) is 0 Å². The van der Waals surface area contributed by atoms with Crippen LogP contribution in [0.2, 0.25) is 0 Å². The Balaban J connectivity index is 1.97. The lowest BCUT2D eigenvalue weighted by Crippen LogP contribution is -2.38. The fourth-order valence-electron chi connectivity index (χ4n) is 2.70. The number of carboxylic acids is 1. The summed E-state index contributed by atoms with van der Waals surface area (Å²) in [7, 11) is 0. The number of amides is 1. The molecule has 1 N–H and O–H groups in total. The first-order valence-corrected chi connectivity index (χ1v) is 8.30. The summed E-state index contributed by atoms with van der Waals surface area (Å²) in [5.74, 6) is -0.492. The Morgan fingerprint density at radius 2 is 2.05 bits per heavy atom. The predicted molar refractivity (Wildman–Crippen MR) is 81.7 cm³/mol. The zero-order chi connectivity index (χ0) is 15.4. The molecule has 1 amide bonds. The van der Waals surface area contributed by atoms with Gasteiger partial charge in [-0.05, 0) is 38.5 Å². The molecule has 1 aromatic rings. The van der Waals surface area contributed by atoms with E-state index in [9.17, 15) is 9.59 Å². The van der Waals surface area contributed by atoms with Crippen LogP contribution in [0.15, 0.2) is 0 Å². The summed E-state index contributed by atoms with van der Waals surface area (Å²) in [5.41, 5.74) is 0.820. The molecule has 0 aromatic carbocycles. The largest absolute Gasteiger partial charge is 0.481 e. The highest BCUT2D eigenvalue weighted by atomic mass is 32.1. The lowest BCUT2D eigenvalue weighted by Gasteiger charge is -2.31. The van der Waals surface area contributed by atoms with Crippen molar-refractivity contribution in [3.63, 3.8) is 0 Å². The number of hydrogen-bond donors (Lipinski definition) is 1. The summed E-state index contributed by atoms with van der Waals surface area (Å²) < 4.78 is 0. The van der Waals surface area contributed by atoms with E-state index >= 15 is 0 Å². The summed E-state index contributed by atoms with van der Waals surface area (Å²) in [6, 6.07) is 0. The van der Waals surface area contributed by atoms with Gasteiger partial charge in [-0.25, -0.2) is 4.98 Å². The van der Waals surface area contributed by atoms with E-state index in [0.29, 0.717) is 13.1 Å². The van der Waals surface area contributed by atoms with Gasteiger partial charge in [-0.3, -0.25) is 9.59 Å². The number of nitrogens with zero attached hydrogens (tertiary/aromatic N) is 2.